The van der Waals surface area contributed by atoms with Crippen molar-refractivity contribution in [2.45, 2.75) is 37.6 Å². The van der Waals surface area contributed by atoms with E-state index in [-0.39, 0.29) is 5.54 Å². The molecule has 0 atom stereocenters. The minimum Gasteiger partial charge on any atom is -0.372 e. The second-order valence-corrected chi connectivity index (χ2v) is 9.48. The lowest BCUT2D eigenvalue weighted by molar-refractivity contribution is 0.193. The fourth-order valence-corrected chi connectivity index (χ4v) is 5.63. The molecule has 3 aromatic heterocycles. The number of pyridine rings is 1. The number of hydrogen-bond acceptors (Lipinski definition) is 7. The molecule has 5 heterocycles. The van der Waals surface area contributed by atoms with Gasteiger partial charge in [0.2, 0.25) is 5.95 Å². The third kappa shape index (κ3) is 3.40. The zero-order chi connectivity index (χ0) is 21.5. The molecule has 0 aromatic carbocycles. The third-order valence-electron chi connectivity index (χ3n) is 7.08. The lowest BCUT2D eigenvalue weighted by atomic mass is 9.80. The molecule has 8 nitrogen and oxygen atoms in total. The van der Waals surface area contributed by atoms with E-state index >= 15 is 0 Å². The molecule has 0 bridgehead atoms. The Kier molecular flexibility index (Phi) is 4.95. The van der Waals surface area contributed by atoms with Gasteiger partial charge in [0.25, 0.3) is 0 Å². The Bertz CT molecular complexity index is 1140. The number of fused-ring (bicyclic) bond motifs is 4. The Hall–Kier alpha value is -2.78. The average molecular weight is 449 g/mol. The smallest absolute Gasteiger partial charge is 0.230 e. The predicted molar refractivity (Wildman–Crippen MR) is 131 cm³/mol. The molecule has 166 valence electrons. The zero-order valence-electron chi connectivity index (χ0n) is 18.1. The molecular weight excluding hydrogens is 420 g/mol. The number of thiocarbonyl (C=S) groups is 1. The maximum Gasteiger partial charge on any atom is 0.230 e. The number of nitrogens with zero attached hydrogens (tertiary/aromatic N) is 5. The summed E-state index contributed by atoms with van der Waals surface area (Å²) in [6.07, 6.45) is 9.91. The second kappa shape index (κ2) is 7.97. The van der Waals surface area contributed by atoms with Gasteiger partial charge in [0.15, 0.2) is 0 Å². The standard InChI is InChI=1S/C23H28N8S/c32-21-18-12-16-13-26-22(28-19-5-4-17(14-25-19)30-10-8-24-9-11-30)29-20(16)31(18)23(15-27-21)6-2-1-3-7-23/h4-5,12-14,24H,1-3,6-11,15H2,(H,27,32)(H,25,26,28,29). The van der Waals surface area contributed by atoms with Gasteiger partial charge in [0, 0.05) is 44.3 Å². The molecule has 9 heteroatoms. The van der Waals surface area contributed by atoms with Gasteiger partial charge >= 0.3 is 0 Å². The zero-order valence-corrected chi connectivity index (χ0v) is 18.9. The predicted octanol–water partition coefficient (Wildman–Crippen LogP) is 2.92. The number of anilines is 3. The van der Waals surface area contributed by atoms with Crippen LogP contribution in [-0.4, -0.2) is 57.2 Å². The largest absolute Gasteiger partial charge is 0.372 e. The van der Waals surface area contributed by atoms with E-state index in [1.54, 1.807) is 0 Å². The Morgan fingerprint density at radius 3 is 2.66 bits per heavy atom. The van der Waals surface area contributed by atoms with Crippen molar-refractivity contribution < 1.29 is 0 Å². The van der Waals surface area contributed by atoms with Crippen LogP contribution in [0.5, 0.6) is 0 Å². The molecule has 1 saturated heterocycles. The minimum atomic E-state index is 0.0481. The van der Waals surface area contributed by atoms with Gasteiger partial charge in [0.05, 0.1) is 23.1 Å². The van der Waals surface area contributed by atoms with Gasteiger partial charge in [-0.05, 0) is 31.0 Å². The minimum absolute atomic E-state index is 0.0481. The summed E-state index contributed by atoms with van der Waals surface area (Å²) < 4.78 is 2.40. The summed E-state index contributed by atoms with van der Waals surface area (Å²) in [5, 5.41) is 11.2. The topological polar surface area (TPSA) is 82.9 Å². The lowest BCUT2D eigenvalue weighted by Gasteiger charge is -2.43. The highest BCUT2D eigenvalue weighted by atomic mass is 32.1. The number of piperazine rings is 1. The fourth-order valence-electron chi connectivity index (χ4n) is 5.41. The maximum atomic E-state index is 5.64. The molecule has 3 N–H and O–H groups in total. The molecule has 1 aliphatic carbocycles. The molecule has 2 fully saturated rings. The first-order valence-electron chi connectivity index (χ1n) is 11.6. The van der Waals surface area contributed by atoms with Crippen molar-refractivity contribution in [3.8, 4) is 0 Å². The molecular formula is C23H28N8S. The van der Waals surface area contributed by atoms with E-state index < -0.39 is 0 Å². The monoisotopic (exact) mass is 448 g/mol. The van der Waals surface area contributed by atoms with Crippen LogP contribution >= 0.6 is 12.2 Å². The van der Waals surface area contributed by atoms with Crippen LogP contribution in [0.1, 0.15) is 37.8 Å². The Morgan fingerprint density at radius 2 is 1.88 bits per heavy atom. The number of hydrogen-bond donors (Lipinski definition) is 3. The molecule has 0 unspecified atom stereocenters. The van der Waals surface area contributed by atoms with Gasteiger partial charge < -0.3 is 25.4 Å². The SMILES string of the molecule is S=C1NCC2(CCCCC2)n2c1cc1cnc(Nc3ccc(N4CCNCC4)cn3)nc12. The summed E-state index contributed by atoms with van der Waals surface area (Å²) in [5.74, 6) is 1.31. The lowest BCUT2D eigenvalue weighted by Crippen LogP contribution is -2.52. The van der Waals surface area contributed by atoms with E-state index in [1.807, 2.05) is 18.5 Å². The summed E-state index contributed by atoms with van der Waals surface area (Å²) in [6.45, 7) is 4.91. The van der Waals surface area contributed by atoms with Gasteiger partial charge in [-0.3, -0.25) is 0 Å². The van der Waals surface area contributed by atoms with Crippen LogP contribution in [0, 0.1) is 0 Å². The molecule has 1 saturated carbocycles. The molecule has 3 aliphatic rings. The van der Waals surface area contributed by atoms with Crippen molar-refractivity contribution in [3.05, 3.63) is 36.3 Å². The maximum absolute atomic E-state index is 5.64. The summed E-state index contributed by atoms with van der Waals surface area (Å²) in [5.41, 5.74) is 3.22. The van der Waals surface area contributed by atoms with Gasteiger partial charge in [-0.25, -0.2) is 9.97 Å². The normalized spacial score (nSPS) is 20.2. The summed E-state index contributed by atoms with van der Waals surface area (Å²) in [6, 6.07) is 6.24. The molecule has 0 amide bonds. The van der Waals surface area contributed by atoms with Crippen molar-refractivity contribution in [2.75, 3.05) is 42.9 Å². The number of rotatable bonds is 3. The highest BCUT2D eigenvalue weighted by molar-refractivity contribution is 7.80. The van der Waals surface area contributed by atoms with Crippen LogP contribution in [0.25, 0.3) is 11.0 Å². The van der Waals surface area contributed by atoms with Crippen molar-refractivity contribution in [1.82, 2.24) is 30.2 Å². The van der Waals surface area contributed by atoms with E-state index in [9.17, 15) is 0 Å². The van der Waals surface area contributed by atoms with Crippen LogP contribution in [-0.2, 0) is 5.54 Å². The van der Waals surface area contributed by atoms with Crippen LogP contribution < -0.4 is 20.9 Å². The fraction of sp³-hybridized carbons (Fsp3) is 0.478. The van der Waals surface area contributed by atoms with Crippen LogP contribution in [0.4, 0.5) is 17.5 Å². The van der Waals surface area contributed by atoms with Crippen molar-refractivity contribution >= 4 is 45.7 Å². The Balaban J connectivity index is 1.31. The molecule has 2 aliphatic heterocycles. The van der Waals surface area contributed by atoms with E-state index in [1.165, 1.54) is 19.3 Å². The molecule has 32 heavy (non-hydrogen) atoms. The van der Waals surface area contributed by atoms with Crippen LogP contribution in [0.15, 0.2) is 30.6 Å². The van der Waals surface area contributed by atoms with Crippen LogP contribution in [0.2, 0.25) is 0 Å². The first-order valence-corrected chi connectivity index (χ1v) is 12.0. The van der Waals surface area contributed by atoms with Gasteiger partial charge in [0.1, 0.15) is 16.5 Å². The van der Waals surface area contributed by atoms with Crippen LogP contribution in [0.3, 0.4) is 0 Å². The second-order valence-electron chi connectivity index (χ2n) is 9.07. The van der Waals surface area contributed by atoms with Crippen molar-refractivity contribution in [3.63, 3.8) is 0 Å². The van der Waals surface area contributed by atoms with Crippen molar-refractivity contribution in [2.24, 2.45) is 0 Å². The van der Waals surface area contributed by atoms with Gasteiger partial charge in [-0.2, -0.15) is 4.98 Å². The number of nitrogens with one attached hydrogen (secondary N) is 3. The van der Waals surface area contributed by atoms with E-state index in [4.69, 9.17) is 17.2 Å². The van der Waals surface area contributed by atoms with Gasteiger partial charge in [-0.15, -0.1) is 0 Å². The Morgan fingerprint density at radius 1 is 1.03 bits per heavy atom. The molecule has 0 radical (unpaired) electrons. The quantitative estimate of drug-likeness (QED) is 0.528. The van der Waals surface area contributed by atoms with E-state index in [0.717, 1.165) is 78.8 Å². The Labute approximate surface area is 192 Å². The molecule has 1 spiro atoms. The van der Waals surface area contributed by atoms with Gasteiger partial charge in [-0.1, -0.05) is 31.5 Å². The summed E-state index contributed by atoms with van der Waals surface area (Å²) in [4.78, 5) is 17.3. The van der Waals surface area contributed by atoms with Crippen molar-refractivity contribution in [1.29, 1.82) is 0 Å². The first kappa shape index (κ1) is 19.9. The summed E-state index contributed by atoms with van der Waals surface area (Å²) in [7, 11) is 0. The molecule has 3 aromatic rings. The summed E-state index contributed by atoms with van der Waals surface area (Å²) >= 11 is 5.64. The average Bonchev–Trinajstić information content (AvgIpc) is 3.24. The van der Waals surface area contributed by atoms with E-state index in [0.29, 0.717) is 5.95 Å². The highest BCUT2D eigenvalue weighted by Gasteiger charge is 2.40. The molecule has 6 rings (SSSR count). The number of aromatic nitrogens is 4. The third-order valence-corrected chi connectivity index (χ3v) is 7.43. The first-order chi connectivity index (χ1) is 15.7. The van der Waals surface area contributed by atoms with E-state index in [2.05, 4.69) is 47.5 Å². The highest BCUT2D eigenvalue weighted by Crippen LogP contribution is 2.40.